The number of aliphatic hydroxyl groups is 1. The summed E-state index contributed by atoms with van der Waals surface area (Å²) >= 11 is 0. The first kappa shape index (κ1) is 10.9. The second-order valence-electron chi connectivity index (χ2n) is 4.64. The number of hydrogen-bond acceptors (Lipinski definition) is 4. The molecule has 3 aliphatic heterocycles. The first-order valence-electron chi connectivity index (χ1n) is 5.74. The lowest BCUT2D eigenvalue weighted by atomic mass is 9.74. The van der Waals surface area contributed by atoms with Gasteiger partial charge in [0, 0.05) is 6.54 Å². The topological polar surface area (TPSA) is 49.8 Å². The maximum absolute atomic E-state index is 11.4. The molecule has 3 saturated heterocycles. The molecule has 0 aromatic heterocycles. The van der Waals surface area contributed by atoms with Gasteiger partial charge in [-0.1, -0.05) is 0 Å². The lowest BCUT2D eigenvalue weighted by molar-refractivity contribution is -0.161. The lowest BCUT2D eigenvalue weighted by Crippen LogP contribution is -2.59. The van der Waals surface area contributed by atoms with Crippen LogP contribution < -0.4 is 0 Å². The maximum Gasteiger partial charge on any atom is 0.308 e. The average molecular weight is 213 g/mol. The van der Waals surface area contributed by atoms with E-state index in [-0.39, 0.29) is 18.3 Å². The van der Waals surface area contributed by atoms with Crippen molar-refractivity contribution >= 4 is 5.97 Å². The van der Waals surface area contributed by atoms with Gasteiger partial charge in [-0.2, -0.15) is 0 Å². The van der Waals surface area contributed by atoms with Crippen LogP contribution in [0.3, 0.4) is 0 Å². The van der Waals surface area contributed by atoms with Gasteiger partial charge in [0.1, 0.15) is 0 Å². The Hall–Kier alpha value is -0.610. The molecule has 15 heavy (non-hydrogen) atoms. The average Bonchev–Trinajstić information content (AvgIpc) is 2.18. The summed E-state index contributed by atoms with van der Waals surface area (Å²) in [4.78, 5) is 13.6. The summed E-state index contributed by atoms with van der Waals surface area (Å²) in [6.45, 7) is 4.95. The van der Waals surface area contributed by atoms with Gasteiger partial charge in [-0.3, -0.25) is 4.79 Å². The number of rotatable bonds is 3. The van der Waals surface area contributed by atoms with Crippen LogP contribution in [0, 0.1) is 5.92 Å². The first-order chi connectivity index (χ1) is 7.14. The van der Waals surface area contributed by atoms with Crippen LogP contribution in [0.15, 0.2) is 0 Å². The molecule has 3 aliphatic rings. The highest BCUT2D eigenvalue weighted by molar-refractivity contribution is 5.70. The molecule has 0 radical (unpaired) electrons. The lowest BCUT2D eigenvalue weighted by Gasteiger charge is -2.50. The van der Waals surface area contributed by atoms with Gasteiger partial charge < -0.3 is 14.7 Å². The molecular formula is C11H19NO3. The summed E-state index contributed by atoms with van der Waals surface area (Å²) in [6.07, 6.45) is 2.17. The van der Waals surface area contributed by atoms with E-state index in [1.54, 1.807) is 6.92 Å². The molecule has 0 spiro atoms. The van der Waals surface area contributed by atoms with Crippen molar-refractivity contribution in [2.45, 2.75) is 31.8 Å². The van der Waals surface area contributed by atoms with Crippen molar-refractivity contribution in [2.24, 2.45) is 5.92 Å². The third-order valence-corrected chi connectivity index (χ3v) is 3.60. The number of hydrogen-bond donors (Lipinski definition) is 1. The quantitative estimate of drug-likeness (QED) is 0.689. The number of carbonyl (C=O) groups excluding carboxylic acids is 1. The molecule has 4 nitrogen and oxygen atoms in total. The van der Waals surface area contributed by atoms with Crippen LogP contribution in [0.4, 0.5) is 0 Å². The predicted molar refractivity (Wildman–Crippen MR) is 55.4 cm³/mol. The van der Waals surface area contributed by atoms with E-state index in [4.69, 9.17) is 4.74 Å². The first-order valence-corrected chi connectivity index (χ1v) is 5.74. The van der Waals surface area contributed by atoms with Gasteiger partial charge in [0.2, 0.25) is 0 Å². The third kappa shape index (κ3) is 2.16. The standard InChI is InChI=1S/C11H19NO3/c1-2-15-10(13)7-11(14)8-12-5-3-9(11)4-6-12/h9,14H,2-8H2,1H3/t11-/m1/s1. The summed E-state index contributed by atoms with van der Waals surface area (Å²) in [5.41, 5.74) is -0.831. The van der Waals surface area contributed by atoms with Crippen molar-refractivity contribution in [3.8, 4) is 0 Å². The number of ether oxygens (including phenoxy) is 1. The van der Waals surface area contributed by atoms with Crippen LogP contribution in [-0.2, 0) is 9.53 Å². The second-order valence-corrected chi connectivity index (χ2v) is 4.64. The Kier molecular flexibility index (Phi) is 2.98. The van der Waals surface area contributed by atoms with Gasteiger partial charge >= 0.3 is 5.97 Å². The molecule has 0 amide bonds. The Morgan fingerprint density at radius 3 is 2.67 bits per heavy atom. The number of esters is 1. The van der Waals surface area contributed by atoms with Crippen molar-refractivity contribution in [1.82, 2.24) is 4.90 Å². The zero-order valence-corrected chi connectivity index (χ0v) is 9.24. The van der Waals surface area contributed by atoms with Crippen LogP contribution >= 0.6 is 0 Å². The van der Waals surface area contributed by atoms with Gasteiger partial charge in [0.05, 0.1) is 18.6 Å². The summed E-state index contributed by atoms with van der Waals surface area (Å²) in [6, 6.07) is 0. The number of piperidine rings is 3. The smallest absolute Gasteiger partial charge is 0.308 e. The van der Waals surface area contributed by atoms with E-state index in [0.717, 1.165) is 25.9 Å². The van der Waals surface area contributed by atoms with E-state index in [1.807, 2.05) is 0 Å². The molecule has 0 unspecified atom stereocenters. The molecule has 2 bridgehead atoms. The Morgan fingerprint density at radius 2 is 2.20 bits per heavy atom. The monoisotopic (exact) mass is 213 g/mol. The van der Waals surface area contributed by atoms with Crippen LogP contribution in [0.1, 0.15) is 26.2 Å². The second kappa shape index (κ2) is 4.10. The molecule has 0 aromatic carbocycles. The van der Waals surface area contributed by atoms with E-state index in [9.17, 15) is 9.90 Å². The van der Waals surface area contributed by atoms with Gasteiger partial charge in [0.15, 0.2) is 0 Å². The summed E-state index contributed by atoms with van der Waals surface area (Å²) < 4.78 is 4.90. The summed E-state index contributed by atoms with van der Waals surface area (Å²) in [5, 5.41) is 10.4. The number of fused-ring (bicyclic) bond motifs is 3. The fourth-order valence-corrected chi connectivity index (χ4v) is 2.81. The maximum atomic E-state index is 11.4. The van der Waals surface area contributed by atoms with E-state index in [2.05, 4.69) is 4.90 Å². The zero-order valence-electron chi connectivity index (χ0n) is 9.24. The van der Waals surface area contributed by atoms with Crippen LogP contribution in [-0.4, -0.2) is 47.8 Å². The van der Waals surface area contributed by atoms with Crippen molar-refractivity contribution < 1.29 is 14.6 Å². The molecule has 0 aliphatic carbocycles. The number of carbonyl (C=O) groups is 1. The molecule has 3 fully saturated rings. The van der Waals surface area contributed by atoms with Gasteiger partial charge in [-0.25, -0.2) is 0 Å². The van der Waals surface area contributed by atoms with Crippen molar-refractivity contribution in [3.05, 3.63) is 0 Å². The molecule has 0 aromatic rings. The minimum Gasteiger partial charge on any atom is -0.466 e. The van der Waals surface area contributed by atoms with Crippen LogP contribution in [0.25, 0.3) is 0 Å². The van der Waals surface area contributed by atoms with Crippen LogP contribution in [0.2, 0.25) is 0 Å². The fourth-order valence-electron chi connectivity index (χ4n) is 2.81. The highest BCUT2D eigenvalue weighted by atomic mass is 16.5. The predicted octanol–water partition coefficient (Wildman–Crippen LogP) is 0.396. The Labute approximate surface area is 90.2 Å². The highest BCUT2D eigenvalue weighted by Crippen LogP contribution is 2.37. The van der Waals surface area contributed by atoms with Crippen LogP contribution in [0.5, 0.6) is 0 Å². The summed E-state index contributed by atoms with van der Waals surface area (Å²) in [7, 11) is 0. The van der Waals surface area contributed by atoms with E-state index < -0.39 is 5.60 Å². The van der Waals surface area contributed by atoms with Gasteiger partial charge in [-0.15, -0.1) is 0 Å². The largest absolute Gasteiger partial charge is 0.466 e. The Morgan fingerprint density at radius 1 is 1.53 bits per heavy atom. The van der Waals surface area contributed by atoms with Gasteiger partial charge in [0.25, 0.3) is 0 Å². The fraction of sp³-hybridized carbons (Fsp3) is 0.909. The molecular weight excluding hydrogens is 194 g/mol. The molecule has 1 atom stereocenters. The minimum absolute atomic E-state index is 0.155. The van der Waals surface area contributed by atoms with E-state index >= 15 is 0 Å². The summed E-state index contributed by atoms with van der Waals surface area (Å²) in [5.74, 6) is 0.0145. The third-order valence-electron chi connectivity index (χ3n) is 3.60. The molecule has 86 valence electrons. The normalized spacial score (nSPS) is 39.1. The zero-order chi connectivity index (χ0) is 10.9. The van der Waals surface area contributed by atoms with E-state index in [1.165, 1.54) is 0 Å². The molecule has 3 rings (SSSR count). The van der Waals surface area contributed by atoms with E-state index in [0.29, 0.717) is 13.2 Å². The van der Waals surface area contributed by atoms with Crippen molar-refractivity contribution in [3.63, 3.8) is 0 Å². The van der Waals surface area contributed by atoms with Crippen molar-refractivity contribution in [2.75, 3.05) is 26.2 Å². The molecule has 4 heteroatoms. The Bertz CT molecular complexity index is 248. The van der Waals surface area contributed by atoms with Crippen molar-refractivity contribution in [1.29, 1.82) is 0 Å². The number of nitrogens with zero attached hydrogens (tertiary/aromatic N) is 1. The SMILES string of the molecule is CCOC(=O)C[C@@]1(O)CN2CCC1CC2. The molecule has 3 heterocycles. The Balaban J connectivity index is 1.97. The minimum atomic E-state index is -0.831. The highest BCUT2D eigenvalue weighted by Gasteiger charge is 2.46. The molecule has 1 N–H and O–H groups in total. The van der Waals surface area contributed by atoms with Gasteiger partial charge in [-0.05, 0) is 38.8 Å². The molecule has 0 saturated carbocycles.